The number of sulfonamides is 1. The number of primary sulfonamides is 1. The number of benzene rings is 1. The van der Waals surface area contributed by atoms with Crippen LogP contribution in [0.1, 0.15) is 43.0 Å². The van der Waals surface area contributed by atoms with Crippen LogP contribution in [0.5, 0.6) is 0 Å². The molecule has 0 aliphatic heterocycles. The fourth-order valence-corrected chi connectivity index (χ4v) is 3.91. The maximum absolute atomic E-state index is 12.0. The number of hydrogen-bond donors (Lipinski definition) is 2. The van der Waals surface area contributed by atoms with Crippen molar-refractivity contribution in [2.45, 2.75) is 43.5 Å². The zero-order valence-electron chi connectivity index (χ0n) is 13.8. The Morgan fingerprint density at radius 1 is 1.32 bits per heavy atom. The molecule has 2 atom stereocenters. The van der Waals surface area contributed by atoms with Gasteiger partial charge >= 0.3 is 5.97 Å². The second-order valence-corrected chi connectivity index (χ2v) is 8.14. The van der Waals surface area contributed by atoms with Crippen molar-refractivity contribution in [1.29, 1.82) is 0 Å². The molecular formula is C16H21ClN2O5S. The Morgan fingerprint density at radius 3 is 2.64 bits per heavy atom. The molecule has 1 aliphatic rings. The fourth-order valence-electron chi connectivity index (χ4n) is 2.84. The Morgan fingerprint density at radius 2 is 2.00 bits per heavy atom. The molecule has 0 unspecified atom stereocenters. The molecule has 1 aliphatic carbocycles. The third-order valence-electron chi connectivity index (χ3n) is 4.27. The lowest BCUT2D eigenvalue weighted by Crippen LogP contribution is -2.42. The first-order valence-electron chi connectivity index (χ1n) is 7.97. The van der Waals surface area contributed by atoms with Crippen molar-refractivity contribution in [3.63, 3.8) is 0 Å². The summed E-state index contributed by atoms with van der Waals surface area (Å²) in [5, 5.41) is 7.81. The van der Waals surface area contributed by atoms with Crippen molar-refractivity contribution in [3.05, 3.63) is 28.8 Å². The highest BCUT2D eigenvalue weighted by Crippen LogP contribution is 2.24. The number of carbonyl (C=O) groups excluding carboxylic acids is 2. The number of nitrogens with two attached hydrogens (primary N) is 1. The number of hydrogen-bond acceptors (Lipinski definition) is 5. The van der Waals surface area contributed by atoms with Gasteiger partial charge in [-0.05, 0) is 37.0 Å². The summed E-state index contributed by atoms with van der Waals surface area (Å²) < 4.78 is 27.8. The predicted molar refractivity (Wildman–Crippen MR) is 92.7 cm³/mol. The van der Waals surface area contributed by atoms with Crippen molar-refractivity contribution in [2.75, 3.05) is 6.61 Å². The van der Waals surface area contributed by atoms with Crippen molar-refractivity contribution in [1.82, 2.24) is 5.32 Å². The smallest absolute Gasteiger partial charge is 0.338 e. The predicted octanol–water partition coefficient (Wildman–Crippen LogP) is 1.84. The van der Waals surface area contributed by atoms with E-state index in [9.17, 15) is 18.0 Å². The van der Waals surface area contributed by atoms with Crippen LogP contribution in [-0.4, -0.2) is 32.9 Å². The van der Waals surface area contributed by atoms with E-state index in [-0.39, 0.29) is 27.4 Å². The maximum Gasteiger partial charge on any atom is 0.338 e. The molecule has 3 N–H and O–H groups in total. The first-order chi connectivity index (χ1) is 11.7. The molecule has 2 rings (SSSR count). The average Bonchev–Trinajstić information content (AvgIpc) is 2.54. The summed E-state index contributed by atoms with van der Waals surface area (Å²) in [6.07, 6.45) is 4.20. The molecule has 0 heterocycles. The molecule has 25 heavy (non-hydrogen) atoms. The van der Waals surface area contributed by atoms with Gasteiger partial charge in [0.2, 0.25) is 10.0 Å². The summed E-state index contributed by atoms with van der Waals surface area (Å²) >= 11 is 5.76. The monoisotopic (exact) mass is 388 g/mol. The number of nitrogens with one attached hydrogen (secondary N) is 1. The minimum absolute atomic E-state index is 0.0488. The molecular weight excluding hydrogens is 368 g/mol. The molecule has 0 aromatic heterocycles. The van der Waals surface area contributed by atoms with Crippen LogP contribution in [0.2, 0.25) is 5.02 Å². The van der Waals surface area contributed by atoms with Crippen LogP contribution in [0.3, 0.4) is 0 Å². The van der Waals surface area contributed by atoms with Crippen LogP contribution in [0.4, 0.5) is 0 Å². The minimum atomic E-state index is -4.07. The molecule has 9 heteroatoms. The normalized spacial score (nSPS) is 20.8. The Balaban J connectivity index is 1.95. The molecule has 138 valence electrons. The Hall–Kier alpha value is -1.64. The van der Waals surface area contributed by atoms with E-state index in [0.717, 1.165) is 31.7 Å². The molecule has 1 aromatic carbocycles. The molecule has 0 spiro atoms. The van der Waals surface area contributed by atoms with Gasteiger partial charge in [-0.3, -0.25) is 4.79 Å². The number of halogens is 1. The van der Waals surface area contributed by atoms with Gasteiger partial charge < -0.3 is 10.1 Å². The van der Waals surface area contributed by atoms with E-state index < -0.39 is 22.6 Å². The topological polar surface area (TPSA) is 116 Å². The van der Waals surface area contributed by atoms with E-state index in [0.29, 0.717) is 5.92 Å². The van der Waals surface area contributed by atoms with Crippen molar-refractivity contribution in [2.24, 2.45) is 11.1 Å². The van der Waals surface area contributed by atoms with E-state index in [1.165, 1.54) is 12.1 Å². The van der Waals surface area contributed by atoms with Gasteiger partial charge in [0, 0.05) is 6.04 Å². The van der Waals surface area contributed by atoms with Crippen molar-refractivity contribution >= 4 is 33.5 Å². The number of ether oxygens (including phenoxy) is 1. The van der Waals surface area contributed by atoms with Crippen LogP contribution < -0.4 is 10.5 Å². The number of amides is 1. The van der Waals surface area contributed by atoms with Crippen molar-refractivity contribution < 1.29 is 22.7 Å². The minimum Gasteiger partial charge on any atom is -0.452 e. The highest BCUT2D eigenvalue weighted by atomic mass is 35.5. The summed E-state index contributed by atoms with van der Waals surface area (Å²) in [6, 6.07) is 3.66. The summed E-state index contributed by atoms with van der Waals surface area (Å²) in [7, 11) is -4.07. The van der Waals surface area contributed by atoms with Crippen LogP contribution in [0, 0.1) is 5.92 Å². The molecule has 1 saturated carbocycles. The zero-order valence-corrected chi connectivity index (χ0v) is 15.4. The standard InChI is InChI=1S/C16H21ClN2O5S/c1-10-4-2-3-5-13(10)19-15(20)9-24-16(21)11-6-7-12(17)14(8-11)25(18,22)23/h6-8,10,13H,2-5,9H2,1H3,(H,19,20)(H2,18,22,23)/t10-,13+/m1/s1. The van der Waals surface area contributed by atoms with E-state index >= 15 is 0 Å². The molecule has 0 bridgehead atoms. The Kier molecular flexibility index (Phi) is 6.42. The number of rotatable bonds is 5. The molecule has 0 radical (unpaired) electrons. The lowest BCUT2D eigenvalue weighted by Gasteiger charge is -2.29. The average molecular weight is 389 g/mol. The van der Waals surface area contributed by atoms with E-state index in [1.54, 1.807) is 0 Å². The zero-order chi connectivity index (χ0) is 18.6. The van der Waals surface area contributed by atoms with Gasteiger partial charge in [0.15, 0.2) is 6.61 Å². The molecule has 1 aromatic rings. The summed E-state index contributed by atoms with van der Waals surface area (Å²) in [5.41, 5.74) is -0.0488. The second kappa shape index (κ2) is 8.16. The first kappa shape index (κ1) is 19.7. The summed E-state index contributed by atoms with van der Waals surface area (Å²) in [4.78, 5) is 23.6. The van der Waals surface area contributed by atoms with E-state index in [4.69, 9.17) is 21.5 Å². The summed E-state index contributed by atoms with van der Waals surface area (Å²) in [6.45, 7) is 1.65. The Labute approximate surface area is 151 Å². The van der Waals surface area contributed by atoms with Gasteiger partial charge in [-0.1, -0.05) is 31.4 Å². The van der Waals surface area contributed by atoms with Gasteiger partial charge in [0.1, 0.15) is 4.90 Å². The van der Waals surface area contributed by atoms with Gasteiger partial charge in [0.05, 0.1) is 10.6 Å². The van der Waals surface area contributed by atoms with E-state index in [2.05, 4.69) is 12.2 Å². The highest BCUT2D eigenvalue weighted by Gasteiger charge is 2.23. The van der Waals surface area contributed by atoms with Crippen molar-refractivity contribution in [3.8, 4) is 0 Å². The van der Waals surface area contributed by atoms with Crippen LogP contribution in [0.25, 0.3) is 0 Å². The third-order valence-corrected chi connectivity index (χ3v) is 5.66. The SMILES string of the molecule is C[C@@H]1CCCC[C@@H]1NC(=O)COC(=O)c1ccc(Cl)c(S(N)(=O)=O)c1. The van der Waals surface area contributed by atoms with Gasteiger partial charge in [-0.25, -0.2) is 18.4 Å². The largest absolute Gasteiger partial charge is 0.452 e. The van der Waals surface area contributed by atoms with Crippen LogP contribution in [0.15, 0.2) is 23.1 Å². The van der Waals surface area contributed by atoms with Crippen LogP contribution in [-0.2, 0) is 19.6 Å². The molecule has 0 saturated heterocycles. The molecule has 1 amide bonds. The number of esters is 1. The molecule has 7 nitrogen and oxygen atoms in total. The number of carbonyl (C=O) groups is 2. The third kappa shape index (κ3) is 5.42. The highest BCUT2D eigenvalue weighted by molar-refractivity contribution is 7.89. The van der Waals surface area contributed by atoms with Gasteiger partial charge in [-0.2, -0.15) is 0 Å². The van der Waals surface area contributed by atoms with Gasteiger partial charge in [-0.15, -0.1) is 0 Å². The lowest BCUT2D eigenvalue weighted by molar-refractivity contribution is -0.125. The van der Waals surface area contributed by atoms with Gasteiger partial charge in [0.25, 0.3) is 5.91 Å². The summed E-state index contributed by atoms with van der Waals surface area (Å²) in [5.74, 6) is -0.817. The maximum atomic E-state index is 12.0. The quantitative estimate of drug-likeness (QED) is 0.746. The molecule has 1 fully saturated rings. The first-order valence-corrected chi connectivity index (χ1v) is 9.89. The Bertz CT molecular complexity index is 766. The lowest BCUT2D eigenvalue weighted by atomic mass is 9.86. The van der Waals surface area contributed by atoms with E-state index in [1.807, 2.05) is 0 Å². The second-order valence-electron chi connectivity index (χ2n) is 6.20. The fraction of sp³-hybridized carbons (Fsp3) is 0.500. The van der Waals surface area contributed by atoms with Crippen LogP contribution >= 0.6 is 11.6 Å².